The van der Waals surface area contributed by atoms with E-state index in [1.165, 1.54) is 0 Å². The van der Waals surface area contributed by atoms with Gasteiger partial charge in [-0.3, -0.25) is 9.13 Å². The van der Waals surface area contributed by atoms with Gasteiger partial charge in [0.1, 0.15) is 11.6 Å². The van der Waals surface area contributed by atoms with Crippen LogP contribution in [-0.2, 0) is 0 Å². The summed E-state index contributed by atoms with van der Waals surface area (Å²) < 4.78 is 4.53. The number of fused-ring (bicyclic) bond motifs is 6. The smallest absolute Gasteiger partial charge is 0.142 e. The van der Waals surface area contributed by atoms with Gasteiger partial charge >= 0.3 is 0 Å². The second-order valence-corrected chi connectivity index (χ2v) is 15.1. The fraction of sp³-hybridized carbons (Fsp3) is 0. The first kappa shape index (κ1) is 35.5. The van der Waals surface area contributed by atoms with Gasteiger partial charge in [-0.2, -0.15) is 10.5 Å². The van der Waals surface area contributed by atoms with Crippen LogP contribution in [0.4, 0.5) is 17.1 Å². The number of anilines is 3. The summed E-state index contributed by atoms with van der Waals surface area (Å²) in [7, 11) is 0. The summed E-state index contributed by atoms with van der Waals surface area (Å²) in [5, 5.41) is 24.0. The van der Waals surface area contributed by atoms with Crippen molar-refractivity contribution in [1.29, 1.82) is 10.5 Å². The minimum Gasteiger partial charge on any atom is -0.310 e. The molecule has 6 heteroatoms. The maximum Gasteiger partial charge on any atom is 0.142 e. The van der Waals surface area contributed by atoms with Crippen molar-refractivity contribution in [3.8, 4) is 46.0 Å². The van der Waals surface area contributed by atoms with Crippen molar-refractivity contribution in [3.05, 3.63) is 217 Å². The summed E-state index contributed by atoms with van der Waals surface area (Å²) in [4.78, 5) is 7.78. The Balaban J connectivity index is 1.24. The topological polar surface area (TPSA) is 73.6 Å². The van der Waals surface area contributed by atoms with Crippen molar-refractivity contribution >= 4 is 60.7 Å². The van der Waals surface area contributed by atoms with Crippen LogP contribution < -0.4 is 4.90 Å². The molecule has 284 valence electrons. The van der Waals surface area contributed by atoms with Crippen LogP contribution in [0.25, 0.3) is 77.5 Å². The Hall–Kier alpha value is -8.71. The number of para-hydroxylation sites is 2. The van der Waals surface area contributed by atoms with Crippen molar-refractivity contribution in [3.63, 3.8) is 0 Å². The van der Waals surface area contributed by atoms with Gasteiger partial charge in [0.2, 0.25) is 0 Å². The van der Waals surface area contributed by atoms with Crippen LogP contribution in [0.2, 0.25) is 0 Å². The van der Waals surface area contributed by atoms with Crippen LogP contribution in [0.15, 0.2) is 206 Å². The lowest BCUT2D eigenvalue weighted by Crippen LogP contribution is -2.13. The van der Waals surface area contributed by atoms with Gasteiger partial charge < -0.3 is 4.90 Å². The third-order valence-corrected chi connectivity index (χ3v) is 11.6. The summed E-state index contributed by atoms with van der Waals surface area (Å²) in [6.45, 7) is 0. The van der Waals surface area contributed by atoms with Crippen LogP contribution in [-0.4, -0.2) is 14.1 Å². The van der Waals surface area contributed by atoms with Crippen molar-refractivity contribution in [1.82, 2.24) is 14.1 Å². The lowest BCUT2D eigenvalue weighted by molar-refractivity contribution is 1.01. The van der Waals surface area contributed by atoms with Gasteiger partial charge in [0.15, 0.2) is 0 Å². The Morgan fingerprint density at radius 3 is 1.16 bits per heavy atom. The highest BCUT2D eigenvalue weighted by Gasteiger charge is 2.22. The molecule has 11 rings (SSSR count). The first-order valence-electron chi connectivity index (χ1n) is 20.2. The zero-order valence-electron chi connectivity index (χ0n) is 32.8. The molecule has 6 nitrogen and oxygen atoms in total. The minimum atomic E-state index is 0.569. The zero-order chi connectivity index (χ0) is 40.9. The normalized spacial score (nSPS) is 11.2. The lowest BCUT2D eigenvalue weighted by Gasteiger charge is -2.27. The fourth-order valence-corrected chi connectivity index (χ4v) is 8.72. The SMILES string of the molecule is N#Cc1ccc(N(c2ccc(C#N)cc2)c2cc(-n3c4ccccc4c4ccccc43)nc(-n3c4ccc(-c5ccccc5)cc4c4cc(-c5ccccc5)ccc43)c2)cc1. The molecule has 3 heterocycles. The predicted octanol–water partition coefficient (Wildman–Crippen LogP) is 13.8. The molecule has 61 heavy (non-hydrogen) atoms. The van der Waals surface area contributed by atoms with E-state index in [9.17, 15) is 10.5 Å². The first-order chi connectivity index (χ1) is 30.1. The second-order valence-electron chi connectivity index (χ2n) is 15.1. The van der Waals surface area contributed by atoms with E-state index in [1.54, 1.807) is 0 Å². The van der Waals surface area contributed by atoms with E-state index in [2.05, 4.69) is 172 Å². The predicted molar refractivity (Wildman–Crippen MR) is 248 cm³/mol. The molecule has 3 aromatic heterocycles. The molecule has 0 amide bonds. The zero-order valence-corrected chi connectivity index (χ0v) is 32.8. The summed E-state index contributed by atoms with van der Waals surface area (Å²) in [6.07, 6.45) is 0. The van der Waals surface area contributed by atoms with Gasteiger partial charge in [-0.05, 0) is 107 Å². The highest BCUT2D eigenvalue weighted by molar-refractivity contribution is 6.12. The second kappa shape index (κ2) is 14.6. The molecular formula is C55H34N6. The maximum absolute atomic E-state index is 9.74. The molecule has 0 radical (unpaired) electrons. The summed E-state index contributed by atoms with van der Waals surface area (Å²) in [5.41, 5.74) is 12.4. The number of hydrogen-bond donors (Lipinski definition) is 0. The number of nitriles is 2. The van der Waals surface area contributed by atoms with Crippen molar-refractivity contribution in [2.75, 3.05) is 4.90 Å². The largest absolute Gasteiger partial charge is 0.310 e. The van der Waals surface area contributed by atoms with Crippen molar-refractivity contribution in [2.24, 2.45) is 0 Å². The lowest BCUT2D eigenvalue weighted by atomic mass is 10.0. The Labute approximate surface area is 352 Å². The molecule has 0 unspecified atom stereocenters. The highest BCUT2D eigenvalue weighted by Crippen LogP contribution is 2.42. The summed E-state index contributed by atoms with van der Waals surface area (Å²) in [5.74, 6) is 1.48. The van der Waals surface area contributed by atoms with E-state index in [1.807, 2.05) is 60.7 Å². The number of rotatable bonds is 7. The molecule has 0 saturated carbocycles. The molecular weight excluding hydrogens is 745 g/mol. The quantitative estimate of drug-likeness (QED) is 0.161. The van der Waals surface area contributed by atoms with Crippen LogP contribution in [0, 0.1) is 22.7 Å². The van der Waals surface area contributed by atoms with Crippen molar-refractivity contribution in [2.45, 2.75) is 0 Å². The van der Waals surface area contributed by atoms with Gasteiger partial charge in [0.25, 0.3) is 0 Å². The molecule has 0 atom stereocenters. The molecule has 11 aromatic rings. The number of benzene rings is 8. The third kappa shape index (κ3) is 6.07. The van der Waals surface area contributed by atoms with Gasteiger partial charge in [0.05, 0.1) is 51.0 Å². The molecule has 0 saturated heterocycles. The number of hydrogen-bond acceptors (Lipinski definition) is 4. The standard InChI is InChI=1S/C55H34N6/c56-35-37-19-25-43(26-20-37)59(44-27-21-38(36-57)22-28-44)45-33-54(60-50-17-9-7-15-46(50)47-16-8-10-18-51(47)60)58-55(34-45)61-52-29-23-41(39-11-3-1-4-12-39)31-48(52)49-32-42(24-30-53(49)61)40-13-5-2-6-14-40/h1-34H. The molecule has 0 aliphatic carbocycles. The molecule has 0 fully saturated rings. The van der Waals surface area contributed by atoms with E-state index in [0.717, 1.165) is 94.6 Å². The van der Waals surface area contributed by atoms with Gasteiger partial charge in [-0.15, -0.1) is 0 Å². The third-order valence-electron chi connectivity index (χ3n) is 11.6. The Morgan fingerprint density at radius 2 is 0.738 bits per heavy atom. The number of aromatic nitrogens is 3. The Kier molecular flexibility index (Phi) is 8.48. The Bertz CT molecular complexity index is 3330. The summed E-state index contributed by atoms with van der Waals surface area (Å²) >= 11 is 0. The average molecular weight is 779 g/mol. The summed E-state index contributed by atoms with van der Waals surface area (Å²) in [6, 6.07) is 75.4. The van der Waals surface area contributed by atoms with Crippen LogP contribution in [0.1, 0.15) is 11.1 Å². The van der Waals surface area contributed by atoms with E-state index in [4.69, 9.17) is 4.98 Å². The molecule has 0 N–H and O–H groups in total. The first-order valence-corrected chi connectivity index (χ1v) is 20.2. The minimum absolute atomic E-state index is 0.569. The van der Waals surface area contributed by atoms with E-state index in [-0.39, 0.29) is 0 Å². The fourth-order valence-electron chi connectivity index (χ4n) is 8.72. The van der Waals surface area contributed by atoms with E-state index < -0.39 is 0 Å². The van der Waals surface area contributed by atoms with Gasteiger partial charge in [0, 0.05) is 45.1 Å². The van der Waals surface area contributed by atoms with Crippen LogP contribution in [0.3, 0.4) is 0 Å². The highest BCUT2D eigenvalue weighted by atomic mass is 15.2. The van der Waals surface area contributed by atoms with Crippen LogP contribution in [0.5, 0.6) is 0 Å². The molecule has 8 aromatic carbocycles. The van der Waals surface area contributed by atoms with Gasteiger partial charge in [-0.25, -0.2) is 4.98 Å². The van der Waals surface area contributed by atoms with E-state index >= 15 is 0 Å². The monoisotopic (exact) mass is 778 g/mol. The number of pyridine rings is 1. The molecule has 0 aliphatic heterocycles. The molecule has 0 aliphatic rings. The molecule has 0 bridgehead atoms. The van der Waals surface area contributed by atoms with Crippen molar-refractivity contribution < 1.29 is 0 Å². The molecule has 0 spiro atoms. The maximum atomic E-state index is 9.74. The van der Waals surface area contributed by atoms with Crippen LogP contribution >= 0.6 is 0 Å². The average Bonchev–Trinajstić information content (AvgIpc) is 3.85. The number of nitrogens with zero attached hydrogens (tertiary/aromatic N) is 6. The van der Waals surface area contributed by atoms with Gasteiger partial charge in [-0.1, -0.05) is 109 Å². The Morgan fingerprint density at radius 1 is 0.344 bits per heavy atom. The van der Waals surface area contributed by atoms with E-state index in [0.29, 0.717) is 11.1 Å².